The van der Waals surface area contributed by atoms with Crippen molar-refractivity contribution in [1.82, 2.24) is 9.62 Å². The smallest absolute Gasteiger partial charge is 0.261 e. The number of hydrogen-bond donors (Lipinski definition) is 2. The monoisotopic (exact) mass is 345 g/mol. The number of nitrogens with two attached hydrogens (primary N) is 1. The van der Waals surface area contributed by atoms with Crippen molar-refractivity contribution in [2.24, 2.45) is 11.7 Å². The SMILES string of the molecule is CC1CCN(S(=O)(=O)c2ccc(C(=O)N[C@@H](C)CN)s2)CC1. The third-order valence-corrected chi connectivity index (χ3v) is 7.32. The molecular weight excluding hydrogens is 322 g/mol. The normalized spacial score (nSPS) is 19.0. The largest absolute Gasteiger partial charge is 0.348 e. The first-order chi connectivity index (χ1) is 10.3. The van der Waals surface area contributed by atoms with Gasteiger partial charge in [0.05, 0.1) is 4.88 Å². The molecule has 0 unspecified atom stereocenters. The molecule has 124 valence electrons. The third kappa shape index (κ3) is 3.87. The van der Waals surface area contributed by atoms with Crippen molar-refractivity contribution in [2.45, 2.75) is 36.9 Å². The Morgan fingerprint density at radius 2 is 2.09 bits per heavy atom. The second-order valence-electron chi connectivity index (χ2n) is 5.82. The molecule has 1 amide bonds. The second-order valence-corrected chi connectivity index (χ2v) is 9.06. The predicted octanol–water partition coefficient (Wildman–Crippen LogP) is 1.25. The minimum Gasteiger partial charge on any atom is -0.348 e. The third-order valence-electron chi connectivity index (χ3n) is 3.87. The summed E-state index contributed by atoms with van der Waals surface area (Å²) in [6.45, 7) is 5.38. The Kier molecular flexibility index (Phi) is 5.60. The van der Waals surface area contributed by atoms with Crippen LogP contribution in [0.3, 0.4) is 0 Å². The van der Waals surface area contributed by atoms with Gasteiger partial charge in [0.1, 0.15) is 4.21 Å². The lowest BCUT2D eigenvalue weighted by atomic mass is 10.0. The number of rotatable bonds is 5. The Labute approximate surface area is 135 Å². The average molecular weight is 345 g/mol. The molecule has 1 atom stereocenters. The number of carbonyl (C=O) groups is 1. The minimum atomic E-state index is -3.49. The molecule has 1 saturated heterocycles. The summed E-state index contributed by atoms with van der Waals surface area (Å²) in [5.41, 5.74) is 5.47. The van der Waals surface area contributed by atoms with Crippen LogP contribution in [0.5, 0.6) is 0 Å². The van der Waals surface area contributed by atoms with E-state index in [0.717, 1.165) is 24.2 Å². The second kappa shape index (κ2) is 7.08. The molecule has 0 bridgehead atoms. The molecule has 22 heavy (non-hydrogen) atoms. The maximum Gasteiger partial charge on any atom is 0.261 e. The molecule has 1 aliphatic heterocycles. The van der Waals surface area contributed by atoms with E-state index in [0.29, 0.717) is 30.4 Å². The van der Waals surface area contributed by atoms with E-state index in [2.05, 4.69) is 12.2 Å². The Balaban J connectivity index is 2.11. The zero-order valence-electron chi connectivity index (χ0n) is 12.9. The summed E-state index contributed by atoms with van der Waals surface area (Å²) in [5.74, 6) is 0.283. The number of nitrogens with one attached hydrogen (secondary N) is 1. The highest BCUT2D eigenvalue weighted by Gasteiger charge is 2.29. The maximum absolute atomic E-state index is 12.6. The van der Waals surface area contributed by atoms with Crippen LogP contribution in [-0.4, -0.2) is 44.3 Å². The molecule has 1 aromatic rings. The summed E-state index contributed by atoms with van der Waals surface area (Å²) in [4.78, 5) is 12.4. The van der Waals surface area contributed by atoms with Gasteiger partial charge >= 0.3 is 0 Å². The topological polar surface area (TPSA) is 92.5 Å². The van der Waals surface area contributed by atoms with Crippen LogP contribution in [0.1, 0.15) is 36.4 Å². The molecule has 2 heterocycles. The Bertz CT molecular complexity index is 619. The lowest BCUT2D eigenvalue weighted by Gasteiger charge is -2.28. The fourth-order valence-corrected chi connectivity index (χ4v) is 5.12. The number of sulfonamides is 1. The number of nitrogens with zero attached hydrogens (tertiary/aromatic N) is 1. The van der Waals surface area contributed by atoms with E-state index in [4.69, 9.17) is 5.73 Å². The number of amides is 1. The quantitative estimate of drug-likeness (QED) is 0.840. The van der Waals surface area contributed by atoms with E-state index in [1.54, 1.807) is 13.0 Å². The summed E-state index contributed by atoms with van der Waals surface area (Å²) in [6.07, 6.45) is 1.76. The maximum atomic E-state index is 12.6. The van der Waals surface area contributed by atoms with Gasteiger partial charge in [-0.25, -0.2) is 8.42 Å². The van der Waals surface area contributed by atoms with Gasteiger partial charge in [0.25, 0.3) is 15.9 Å². The molecular formula is C14H23N3O3S2. The summed E-state index contributed by atoms with van der Waals surface area (Å²) in [7, 11) is -3.49. The first-order valence-electron chi connectivity index (χ1n) is 7.45. The summed E-state index contributed by atoms with van der Waals surface area (Å²) in [6, 6.07) is 2.93. The molecule has 1 aliphatic rings. The van der Waals surface area contributed by atoms with Crippen LogP contribution < -0.4 is 11.1 Å². The molecule has 0 aliphatic carbocycles. The Morgan fingerprint density at radius 3 is 2.68 bits per heavy atom. The van der Waals surface area contributed by atoms with Crippen LogP contribution in [0.4, 0.5) is 0 Å². The first kappa shape index (κ1) is 17.4. The lowest BCUT2D eigenvalue weighted by molar-refractivity contribution is 0.0945. The van der Waals surface area contributed by atoms with E-state index in [1.165, 1.54) is 10.4 Å². The van der Waals surface area contributed by atoms with E-state index < -0.39 is 10.0 Å². The van der Waals surface area contributed by atoms with Crippen LogP contribution in [-0.2, 0) is 10.0 Å². The average Bonchev–Trinajstić information content (AvgIpc) is 2.98. The van der Waals surface area contributed by atoms with Gasteiger partial charge in [-0.2, -0.15) is 4.31 Å². The van der Waals surface area contributed by atoms with Gasteiger partial charge in [0.2, 0.25) is 0 Å². The van der Waals surface area contributed by atoms with Crippen molar-refractivity contribution in [3.05, 3.63) is 17.0 Å². The first-order valence-corrected chi connectivity index (χ1v) is 9.71. The van der Waals surface area contributed by atoms with Gasteiger partial charge in [-0.15, -0.1) is 11.3 Å². The predicted molar refractivity (Wildman–Crippen MR) is 87.5 cm³/mol. The zero-order chi connectivity index (χ0) is 16.3. The van der Waals surface area contributed by atoms with Crippen molar-refractivity contribution in [3.63, 3.8) is 0 Å². The van der Waals surface area contributed by atoms with Gasteiger partial charge in [-0.3, -0.25) is 4.79 Å². The standard InChI is InChI=1S/C14H23N3O3S2/c1-10-5-7-17(8-6-10)22(19,20)13-4-3-12(21-13)14(18)16-11(2)9-15/h3-4,10-11H,5-9,15H2,1-2H3,(H,16,18)/t11-/m0/s1. The van der Waals surface area contributed by atoms with Crippen LogP contribution in [0.2, 0.25) is 0 Å². The van der Waals surface area contributed by atoms with E-state index in [1.807, 2.05) is 0 Å². The van der Waals surface area contributed by atoms with Crippen LogP contribution >= 0.6 is 11.3 Å². The van der Waals surface area contributed by atoms with Crippen LogP contribution in [0.25, 0.3) is 0 Å². The van der Waals surface area contributed by atoms with Crippen molar-refractivity contribution in [1.29, 1.82) is 0 Å². The van der Waals surface area contributed by atoms with Crippen molar-refractivity contribution < 1.29 is 13.2 Å². The molecule has 2 rings (SSSR count). The van der Waals surface area contributed by atoms with Gasteiger partial charge < -0.3 is 11.1 Å². The molecule has 1 fully saturated rings. The summed E-state index contributed by atoms with van der Waals surface area (Å²) < 4.78 is 26.9. The molecule has 3 N–H and O–H groups in total. The van der Waals surface area contributed by atoms with E-state index in [-0.39, 0.29) is 16.2 Å². The fraction of sp³-hybridized carbons (Fsp3) is 0.643. The van der Waals surface area contributed by atoms with Gasteiger partial charge in [-0.05, 0) is 37.8 Å². The zero-order valence-corrected chi connectivity index (χ0v) is 14.5. The Morgan fingerprint density at radius 1 is 1.45 bits per heavy atom. The molecule has 0 radical (unpaired) electrons. The molecule has 1 aromatic heterocycles. The number of piperidine rings is 1. The van der Waals surface area contributed by atoms with Crippen molar-refractivity contribution in [3.8, 4) is 0 Å². The highest BCUT2D eigenvalue weighted by molar-refractivity contribution is 7.91. The van der Waals surface area contributed by atoms with Crippen molar-refractivity contribution in [2.75, 3.05) is 19.6 Å². The summed E-state index contributed by atoms with van der Waals surface area (Å²) >= 11 is 1.01. The Hall–Kier alpha value is -0.960. The highest BCUT2D eigenvalue weighted by atomic mass is 32.2. The van der Waals surface area contributed by atoms with E-state index in [9.17, 15) is 13.2 Å². The number of carbonyl (C=O) groups excluding carboxylic acids is 1. The molecule has 0 saturated carbocycles. The summed E-state index contributed by atoms with van der Waals surface area (Å²) in [5, 5.41) is 2.73. The number of thiophene rings is 1. The molecule has 8 heteroatoms. The fourth-order valence-electron chi connectivity index (χ4n) is 2.29. The number of hydrogen-bond acceptors (Lipinski definition) is 5. The van der Waals surface area contributed by atoms with Crippen LogP contribution in [0.15, 0.2) is 16.3 Å². The van der Waals surface area contributed by atoms with Gasteiger partial charge in [-0.1, -0.05) is 6.92 Å². The van der Waals surface area contributed by atoms with Crippen LogP contribution in [0, 0.1) is 5.92 Å². The lowest BCUT2D eigenvalue weighted by Crippen LogP contribution is -2.37. The molecule has 0 aromatic carbocycles. The van der Waals surface area contributed by atoms with E-state index >= 15 is 0 Å². The molecule has 0 spiro atoms. The minimum absolute atomic E-state index is 0.141. The van der Waals surface area contributed by atoms with Gasteiger partial charge in [0, 0.05) is 25.7 Å². The molecule has 6 nitrogen and oxygen atoms in total. The highest BCUT2D eigenvalue weighted by Crippen LogP contribution is 2.28. The van der Waals surface area contributed by atoms with Gasteiger partial charge in [0.15, 0.2) is 0 Å². The van der Waals surface area contributed by atoms with Crippen molar-refractivity contribution >= 4 is 27.3 Å².